The second-order valence-corrected chi connectivity index (χ2v) is 3.62. The Morgan fingerprint density at radius 2 is 2.33 bits per heavy atom. The lowest BCUT2D eigenvalue weighted by Gasteiger charge is -2.10. The fraction of sp³-hybridized carbons (Fsp3) is 0.182. The first-order valence-corrected chi connectivity index (χ1v) is 5.17. The topological polar surface area (TPSA) is 103 Å². The smallest absolute Gasteiger partial charge is 0.339 e. The molecule has 0 bridgehead atoms. The number of ether oxygens (including phenoxy) is 1. The largest absolute Gasteiger partial charge is 0.483 e. The van der Waals surface area contributed by atoms with Gasteiger partial charge in [-0.05, 0) is 12.1 Å². The third kappa shape index (κ3) is 2.24. The minimum atomic E-state index is -1.09. The molecule has 0 saturated carbocycles. The van der Waals surface area contributed by atoms with E-state index in [1.54, 1.807) is 23.9 Å². The lowest BCUT2D eigenvalue weighted by Crippen LogP contribution is -2.09. The number of benzene rings is 1. The fourth-order valence-corrected chi connectivity index (χ4v) is 1.47. The van der Waals surface area contributed by atoms with Crippen molar-refractivity contribution in [3.63, 3.8) is 0 Å². The van der Waals surface area contributed by atoms with Gasteiger partial charge in [-0.15, -0.1) is 0 Å². The van der Waals surface area contributed by atoms with Crippen molar-refractivity contribution < 1.29 is 14.6 Å². The number of para-hydroxylation sites is 1. The molecule has 0 aliphatic heterocycles. The van der Waals surface area contributed by atoms with Crippen LogP contribution in [-0.2, 0) is 13.7 Å². The molecule has 2 aromatic rings. The molecule has 3 N–H and O–H groups in total. The molecule has 0 fully saturated rings. The van der Waals surface area contributed by atoms with Gasteiger partial charge in [-0.2, -0.15) is 5.10 Å². The van der Waals surface area contributed by atoms with Crippen LogP contribution < -0.4 is 10.5 Å². The Morgan fingerprint density at radius 1 is 1.56 bits per heavy atom. The van der Waals surface area contributed by atoms with E-state index in [1.807, 2.05) is 0 Å². The Kier molecular flexibility index (Phi) is 3.13. The van der Waals surface area contributed by atoms with E-state index in [4.69, 9.17) is 15.6 Å². The molecule has 7 heteroatoms. The number of rotatable bonds is 4. The Morgan fingerprint density at radius 3 is 2.94 bits per heavy atom. The van der Waals surface area contributed by atoms with Gasteiger partial charge in [0, 0.05) is 7.05 Å². The molecular weight excluding hydrogens is 236 g/mol. The maximum atomic E-state index is 11.0. The van der Waals surface area contributed by atoms with Crippen LogP contribution in [0.15, 0.2) is 24.5 Å². The molecule has 0 aliphatic rings. The van der Waals surface area contributed by atoms with Crippen LogP contribution in [0.1, 0.15) is 16.2 Å². The molecule has 2 rings (SSSR count). The molecule has 0 spiro atoms. The first-order chi connectivity index (χ1) is 8.59. The van der Waals surface area contributed by atoms with E-state index in [0.29, 0.717) is 5.82 Å². The van der Waals surface area contributed by atoms with Gasteiger partial charge in [0.25, 0.3) is 0 Å². The van der Waals surface area contributed by atoms with Crippen molar-refractivity contribution in [2.24, 2.45) is 7.05 Å². The van der Waals surface area contributed by atoms with Gasteiger partial charge >= 0.3 is 5.97 Å². The zero-order valence-electron chi connectivity index (χ0n) is 9.70. The van der Waals surface area contributed by atoms with E-state index in [-0.39, 0.29) is 23.6 Å². The van der Waals surface area contributed by atoms with E-state index in [1.165, 1.54) is 12.4 Å². The summed E-state index contributed by atoms with van der Waals surface area (Å²) in [6.07, 6.45) is 1.39. The molecule has 0 atom stereocenters. The van der Waals surface area contributed by atoms with Crippen molar-refractivity contribution in [2.75, 3.05) is 5.73 Å². The minimum Gasteiger partial charge on any atom is -0.483 e. The van der Waals surface area contributed by atoms with Crippen LogP contribution in [0.4, 0.5) is 5.69 Å². The van der Waals surface area contributed by atoms with E-state index < -0.39 is 5.97 Å². The number of aromatic carboxylic acids is 1. The SMILES string of the molecule is Cn1ncnc1COc1c(N)cccc1C(=O)O. The monoisotopic (exact) mass is 248 g/mol. The maximum absolute atomic E-state index is 11.0. The summed E-state index contributed by atoms with van der Waals surface area (Å²) in [5, 5.41) is 12.9. The van der Waals surface area contributed by atoms with Gasteiger partial charge in [0.05, 0.1) is 5.69 Å². The predicted molar refractivity (Wildman–Crippen MR) is 63.1 cm³/mol. The van der Waals surface area contributed by atoms with Crippen LogP contribution in [-0.4, -0.2) is 25.8 Å². The van der Waals surface area contributed by atoms with Crippen LogP contribution in [0, 0.1) is 0 Å². The standard InChI is InChI=1S/C11H12N4O3/c1-15-9(13-6-14-15)5-18-10-7(11(16)17)3-2-4-8(10)12/h2-4,6H,5,12H2,1H3,(H,16,17). The molecule has 1 aromatic carbocycles. The number of hydrogen-bond donors (Lipinski definition) is 2. The highest BCUT2D eigenvalue weighted by atomic mass is 16.5. The van der Waals surface area contributed by atoms with Crippen molar-refractivity contribution >= 4 is 11.7 Å². The molecule has 0 radical (unpaired) electrons. The van der Waals surface area contributed by atoms with Gasteiger partial charge in [-0.3, -0.25) is 4.68 Å². The summed E-state index contributed by atoms with van der Waals surface area (Å²) in [6, 6.07) is 4.58. The fourth-order valence-electron chi connectivity index (χ4n) is 1.47. The first kappa shape index (κ1) is 11.9. The molecule has 1 aromatic heterocycles. The quantitative estimate of drug-likeness (QED) is 0.771. The highest BCUT2D eigenvalue weighted by Gasteiger charge is 2.14. The molecule has 1 heterocycles. The Balaban J connectivity index is 2.24. The maximum Gasteiger partial charge on any atom is 0.339 e. The summed E-state index contributed by atoms with van der Waals surface area (Å²) in [5.41, 5.74) is 6.01. The molecule has 0 aliphatic carbocycles. The van der Waals surface area contributed by atoms with Crippen LogP contribution in [0.2, 0.25) is 0 Å². The predicted octanol–water partition coefficient (Wildman–Crippen LogP) is 0.675. The molecule has 94 valence electrons. The van der Waals surface area contributed by atoms with Crippen molar-refractivity contribution in [2.45, 2.75) is 6.61 Å². The summed E-state index contributed by atoms with van der Waals surface area (Å²) in [7, 11) is 1.72. The number of carboxylic acids is 1. The number of nitrogens with zero attached hydrogens (tertiary/aromatic N) is 3. The summed E-state index contributed by atoms with van der Waals surface area (Å²) in [5.74, 6) is -0.363. The molecule has 0 saturated heterocycles. The van der Waals surface area contributed by atoms with E-state index >= 15 is 0 Å². The number of anilines is 1. The van der Waals surface area contributed by atoms with Crippen LogP contribution in [0.3, 0.4) is 0 Å². The van der Waals surface area contributed by atoms with Crippen LogP contribution >= 0.6 is 0 Å². The average Bonchev–Trinajstić information content (AvgIpc) is 2.73. The molecule has 7 nitrogen and oxygen atoms in total. The molecular formula is C11H12N4O3. The highest BCUT2D eigenvalue weighted by molar-refractivity contribution is 5.93. The van der Waals surface area contributed by atoms with Gasteiger partial charge in [0.15, 0.2) is 11.6 Å². The van der Waals surface area contributed by atoms with Crippen LogP contribution in [0.5, 0.6) is 5.75 Å². The van der Waals surface area contributed by atoms with Crippen molar-refractivity contribution in [1.82, 2.24) is 14.8 Å². The van der Waals surface area contributed by atoms with Gasteiger partial charge in [0.1, 0.15) is 18.5 Å². The zero-order chi connectivity index (χ0) is 13.1. The third-order valence-electron chi connectivity index (χ3n) is 2.43. The Bertz CT molecular complexity index is 579. The van der Waals surface area contributed by atoms with Gasteiger partial charge in [-0.1, -0.05) is 6.07 Å². The van der Waals surface area contributed by atoms with E-state index in [0.717, 1.165) is 0 Å². The lowest BCUT2D eigenvalue weighted by atomic mass is 10.2. The summed E-state index contributed by atoms with van der Waals surface area (Å²) < 4.78 is 6.97. The number of carbonyl (C=O) groups is 1. The van der Waals surface area contributed by atoms with E-state index in [9.17, 15) is 4.79 Å². The van der Waals surface area contributed by atoms with E-state index in [2.05, 4.69) is 10.1 Å². The zero-order valence-corrected chi connectivity index (χ0v) is 9.70. The number of nitrogens with two attached hydrogens (primary N) is 1. The first-order valence-electron chi connectivity index (χ1n) is 5.17. The van der Waals surface area contributed by atoms with Gasteiger partial charge in [-0.25, -0.2) is 9.78 Å². The minimum absolute atomic E-state index is 0.0252. The van der Waals surface area contributed by atoms with Gasteiger partial charge < -0.3 is 15.6 Å². The normalized spacial score (nSPS) is 10.3. The second-order valence-electron chi connectivity index (χ2n) is 3.62. The van der Waals surface area contributed by atoms with Crippen molar-refractivity contribution in [3.05, 3.63) is 35.9 Å². The van der Waals surface area contributed by atoms with Crippen molar-refractivity contribution in [3.8, 4) is 5.75 Å². The Labute approximate surface area is 103 Å². The van der Waals surface area contributed by atoms with Crippen molar-refractivity contribution in [1.29, 1.82) is 0 Å². The molecule has 0 amide bonds. The summed E-state index contributed by atoms with van der Waals surface area (Å²) in [6.45, 7) is 0.102. The number of hydrogen-bond acceptors (Lipinski definition) is 5. The molecule has 18 heavy (non-hydrogen) atoms. The van der Waals surface area contributed by atoms with Crippen LogP contribution in [0.25, 0.3) is 0 Å². The Hall–Kier alpha value is -2.57. The third-order valence-corrected chi connectivity index (χ3v) is 2.43. The lowest BCUT2D eigenvalue weighted by molar-refractivity contribution is 0.0691. The summed E-state index contributed by atoms with van der Waals surface area (Å²) >= 11 is 0. The number of aromatic nitrogens is 3. The highest BCUT2D eigenvalue weighted by Crippen LogP contribution is 2.26. The average molecular weight is 248 g/mol. The number of nitrogen functional groups attached to an aromatic ring is 1. The second kappa shape index (κ2) is 4.74. The van der Waals surface area contributed by atoms with Gasteiger partial charge in [0.2, 0.25) is 0 Å². The number of carboxylic acid groups (broad SMARTS) is 1. The number of aryl methyl sites for hydroxylation is 1. The molecule has 0 unspecified atom stereocenters. The summed E-state index contributed by atoms with van der Waals surface area (Å²) in [4.78, 5) is 15.0.